The first-order valence-corrected chi connectivity index (χ1v) is 12.6. The molecule has 1 N–H and O–H groups in total. The summed E-state index contributed by atoms with van der Waals surface area (Å²) in [6, 6.07) is 12.2. The van der Waals surface area contributed by atoms with Crippen LogP contribution in [0.2, 0.25) is 0 Å². The smallest absolute Gasteiger partial charge is 0.269 e. The quantitative estimate of drug-likeness (QED) is 0.190. The van der Waals surface area contributed by atoms with Crippen LogP contribution in [0.25, 0.3) is 0 Å². The van der Waals surface area contributed by atoms with Crippen LogP contribution in [0.3, 0.4) is 0 Å². The van der Waals surface area contributed by atoms with Gasteiger partial charge in [0.2, 0.25) is 15.7 Å². The second-order valence-corrected chi connectivity index (χ2v) is 10.8. The molecular formula is C20H19N3O6S3. The molecule has 2 aromatic carbocycles. The topological polar surface area (TPSA) is 128 Å². The number of carbonyl (C=O) groups is 1. The molecule has 0 aliphatic rings. The lowest BCUT2D eigenvalue weighted by molar-refractivity contribution is -0.384. The van der Waals surface area contributed by atoms with E-state index >= 15 is 0 Å². The maximum atomic E-state index is 12.7. The van der Waals surface area contributed by atoms with Crippen molar-refractivity contribution in [2.45, 2.75) is 26.8 Å². The molecule has 0 spiro atoms. The number of thioether (sulfide) groups is 1. The summed E-state index contributed by atoms with van der Waals surface area (Å²) in [6.45, 7) is 0. The number of non-ortho nitro benzene ring substituents is 1. The fourth-order valence-electron chi connectivity index (χ4n) is 2.58. The minimum Gasteiger partial charge on any atom is -0.497 e. The summed E-state index contributed by atoms with van der Waals surface area (Å²) in [5, 5.41) is 13.5. The predicted molar refractivity (Wildman–Crippen MR) is 122 cm³/mol. The van der Waals surface area contributed by atoms with Crippen LogP contribution in [0.1, 0.15) is 12.8 Å². The van der Waals surface area contributed by atoms with Crippen molar-refractivity contribution >= 4 is 49.7 Å². The average Bonchev–Trinajstić information content (AvgIpc) is 3.26. The number of thiazole rings is 1. The summed E-state index contributed by atoms with van der Waals surface area (Å²) in [7, 11) is -2.27. The predicted octanol–water partition coefficient (Wildman–Crippen LogP) is 4.40. The van der Waals surface area contributed by atoms with E-state index in [0.717, 1.165) is 46.1 Å². The maximum Gasteiger partial charge on any atom is 0.269 e. The van der Waals surface area contributed by atoms with Crippen molar-refractivity contribution in [3.63, 3.8) is 0 Å². The number of nitrogens with zero attached hydrogens (tertiary/aromatic N) is 2. The first kappa shape index (κ1) is 23.7. The molecule has 0 atom stereocenters. The molecule has 168 valence electrons. The van der Waals surface area contributed by atoms with E-state index in [-0.39, 0.29) is 32.3 Å². The highest BCUT2D eigenvalue weighted by Crippen LogP contribution is 2.29. The highest BCUT2D eigenvalue weighted by molar-refractivity contribution is 7.99. The highest BCUT2D eigenvalue weighted by atomic mass is 32.2. The Bertz CT molecular complexity index is 1190. The van der Waals surface area contributed by atoms with Gasteiger partial charge in [0.25, 0.3) is 5.69 Å². The number of ether oxygens (including phenoxy) is 1. The average molecular weight is 494 g/mol. The van der Waals surface area contributed by atoms with E-state index in [1.165, 1.54) is 12.1 Å². The van der Waals surface area contributed by atoms with E-state index in [9.17, 15) is 23.3 Å². The number of nitrogens with one attached hydrogen (secondary N) is 1. The van der Waals surface area contributed by atoms with Crippen molar-refractivity contribution < 1.29 is 22.9 Å². The number of sulfone groups is 1. The molecule has 0 radical (unpaired) electrons. The third kappa shape index (κ3) is 6.05. The summed E-state index contributed by atoms with van der Waals surface area (Å²) in [4.78, 5) is 27.2. The van der Waals surface area contributed by atoms with Gasteiger partial charge in [-0.2, -0.15) is 0 Å². The molecule has 32 heavy (non-hydrogen) atoms. The van der Waals surface area contributed by atoms with Crippen LogP contribution in [0.4, 0.5) is 10.8 Å². The van der Waals surface area contributed by atoms with Gasteiger partial charge >= 0.3 is 0 Å². The van der Waals surface area contributed by atoms with E-state index < -0.39 is 14.8 Å². The van der Waals surface area contributed by atoms with Crippen LogP contribution in [0.5, 0.6) is 5.75 Å². The molecular weight excluding hydrogens is 474 g/mol. The Morgan fingerprint density at radius 1 is 1.19 bits per heavy atom. The SMILES string of the molecule is COc1ccc(SCCCC(=O)Nc2ncc(S(=O)(=O)c3ccc([N+](=O)[O-])cc3)s2)cc1. The van der Waals surface area contributed by atoms with Crippen LogP contribution < -0.4 is 10.1 Å². The highest BCUT2D eigenvalue weighted by Gasteiger charge is 2.22. The Kier molecular flexibility index (Phi) is 7.83. The Balaban J connectivity index is 1.51. The second kappa shape index (κ2) is 10.6. The summed E-state index contributed by atoms with van der Waals surface area (Å²) in [5.41, 5.74) is -0.202. The van der Waals surface area contributed by atoms with Crippen LogP contribution in [0, 0.1) is 10.1 Å². The molecule has 1 heterocycles. The van der Waals surface area contributed by atoms with E-state index in [1.807, 2.05) is 24.3 Å². The van der Waals surface area contributed by atoms with Gasteiger partial charge in [-0.3, -0.25) is 14.9 Å². The minimum atomic E-state index is -3.88. The monoisotopic (exact) mass is 493 g/mol. The van der Waals surface area contributed by atoms with Gasteiger partial charge in [-0.15, -0.1) is 11.8 Å². The fraction of sp³-hybridized carbons (Fsp3) is 0.200. The van der Waals surface area contributed by atoms with E-state index in [4.69, 9.17) is 4.74 Å². The molecule has 0 saturated carbocycles. The summed E-state index contributed by atoms with van der Waals surface area (Å²) in [6.07, 6.45) is 2.07. The molecule has 3 aromatic rings. The molecule has 0 aliphatic carbocycles. The normalized spacial score (nSPS) is 11.2. The van der Waals surface area contributed by atoms with Gasteiger partial charge in [0.15, 0.2) is 5.13 Å². The zero-order chi connectivity index (χ0) is 23.1. The summed E-state index contributed by atoms with van der Waals surface area (Å²) < 4.78 is 30.4. The number of hydrogen-bond acceptors (Lipinski definition) is 9. The molecule has 3 rings (SSSR count). The van der Waals surface area contributed by atoms with Crippen molar-refractivity contribution in [1.29, 1.82) is 0 Å². The molecule has 0 fully saturated rings. The number of amides is 1. The number of benzene rings is 2. The standard InChI is InChI=1S/C20H19N3O6S3/c1-29-15-6-8-16(9-7-15)30-12-2-3-18(24)22-20-21-13-19(31-20)32(27,28)17-10-4-14(5-11-17)23(25)26/h4-11,13H,2-3,12H2,1H3,(H,21,22,24). The number of carbonyl (C=O) groups excluding carboxylic acids is 1. The van der Waals surface area contributed by atoms with Crippen molar-refractivity contribution in [1.82, 2.24) is 4.98 Å². The Hall–Kier alpha value is -2.96. The first-order chi connectivity index (χ1) is 15.3. The number of anilines is 1. The molecule has 1 aromatic heterocycles. The number of aromatic nitrogens is 1. The lowest BCUT2D eigenvalue weighted by Gasteiger charge is -2.04. The molecule has 1 amide bonds. The van der Waals surface area contributed by atoms with Gasteiger partial charge in [-0.25, -0.2) is 13.4 Å². The van der Waals surface area contributed by atoms with Crippen molar-refractivity contribution in [2.24, 2.45) is 0 Å². The molecule has 0 aliphatic heterocycles. The van der Waals surface area contributed by atoms with Gasteiger partial charge in [0.05, 0.1) is 23.1 Å². The fourth-order valence-corrected chi connectivity index (χ4v) is 5.88. The second-order valence-electron chi connectivity index (χ2n) is 6.41. The van der Waals surface area contributed by atoms with E-state index in [1.54, 1.807) is 18.9 Å². The number of hydrogen-bond donors (Lipinski definition) is 1. The summed E-state index contributed by atoms with van der Waals surface area (Å²) in [5.74, 6) is 1.28. The molecule has 12 heteroatoms. The van der Waals surface area contributed by atoms with Gasteiger partial charge in [0.1, 0.15) is 9.96 Å². The van der Waals surface area contributed by atoms with Crippen molar-refractivity contribution in [3.05, 3.63) is 64.8 Å². The maximum absolute atomic E-state index is 12.7. The Morgan fingerprint density at radius 2 is 1.88 bits per heavy atom. The van der Waals surface area contributed by atoms with Crippen LogP contribution in [0.15, 0.2) is 68.7 Å². The van der Waals surface area contributed by atoms with Crippen LogP contribution in [-0.2, 0) is 14.6 Å². The van der Waals surface area contributed by atoms with Crippen LogP contribution >= 0.6 is 23.1 Å². The number of nitro benzene ring substituents is 1. The molecule has 0 saturated heterocycles. The van der Waals surface area contributed by atoms with E-state index in [2.05, 4.69) is 10.3 Å². The third-order valence-corrected chi connectivity index (χ3v) is 8.47. The molecule has 9 nitrogen and oxygen atoms in total. The van der Waals surface area contributed by atoms with Gasteiger partial charge < -0.3 is 10.1 Å². The summed E-state index contributed by atoms with van der Waals surface area (Å²) >= 11 is 2.46. The Labute approximate surface area is 192 Å². The lowest BCUT2D eigenvalue weighted by atomic mass is 10.3. The number of nitro groups is 1. The van der Waals surface area contributed by atoms with Gasteiger partial charge in [-0.1, -0.05) is 11.3 Å². The zero-order valence-corrected chi connectivity index (χ0v) is 19.3. The first-order valence-electron chi connectivity index (χ1n) is 9.31. The zero-order valence-electron chi connectivity index (χ0n) is 16.9. The largest absolute Gasteiger partial charge is 0.497 e. The molecule has 0 bridgehead atoms. The lowest BCUT2D eigenvalue weighted by Crippen LogP contribution is -2.11. The molecule has 0 unspecified atom stereocenters. The van der Waals surface area contributed by atoms with Crippen molar-refractivity contribution in [3.8, 4) is 5.75 Å². The Morgan fingerprint density at radius 3 is 2.50 bits per heavy atom. The van der Waals surface area contributed by atoms with Gasteiger partial charge in [0, 0.05) is 23.4 Å². The van der Waals surface area contributed by atoms with Gasteiger partial charge in [-0.05, 0) is 48.6 Å². The number of methoxy groups -OCH3 is 1. The minimum absolute atomic E-state index is 0.0586. The van der Waals surface area contributed by atoms with E-state index in [0.29, 0.717) is 6.42 Å². The third-order valence-electron chi connectivity index (χ3n) is 4.23. The van der Waals surface area contributed by atoms with Crippen molar-refractivity contribution in [2.75, 3.05) is 18.2 Å². The number of rotatable bonds is 10. The van der Waals surface area contributed by atoms with Crippen LogP contribution in [-0.4, -0.2) is 37.1 Å².